The highest BCUT2D eigenvalue weighted by Gasteiger charge is 2.42. The molecule has 0 aromatic carbocycles. The number of hydrogen-bond donors (Lipinski definition) is 3. The average Bonchev–Trinajstić information content (AvgIpc) is 2.26. The lowest BCUT2D eigenvalue weighted by Crippen LogP contribution is -2.76. The molecular formula is C12H29N3Si. The van der Waals surface area contributed by atoms with Crippen molar-refractivity contribution >= 4 is 8.56 Å². The van der Waals surface area contributed by atoms with Crippen LogP contribution in [0, 0.1) is 0 Å². The topological polar surface area (TPSA) is 36.1 Å². The van der Waals surface area contributed by atoms with E-state index in [1.807, 2.05) is 0 Å². The van der Waals surface area contributed by atoms with Crippen molar-refractivity contribution in [3.63, 3.8) is 0 Å². The summed E-state index contributed by atoms with van der Waals surface area (Å²) in [6.07, 6.45) is 6.96. The maximum atomic E-state index is 3.86. The van der Waals surface area contributed by atoms with Crippen LogP contribution < -0.4 is 14.9 Å². The number of rotatable bonds is 4. The Hall–Kier alpha value is 0.0969. The summed E-state index contributed by atoms with van der Waals surface area (Å²) in [4.78, 5) is 11.1. The molecular weight excluding hydrogens is 214 g/mol. The van der Waals surface area contributed by atoms with E-state index in [9.17, 15) is 0 Å². The molecule has 1 aliphatic carbocycles. The van der Waals surface area contributed by atoms with E-state index in [0.29, 0.717) is 0 Å². The van der Waals surface area contributed by atoms with Crippen LogP contribution in [0.3, 0.4) is 0 Å². The summed E-state index contributed by atoms with van der Waals surface area (Å²) < 4.78 is 0. The van der Waals surface area contributed by atoms with Gasteiger partial charge < -0.3 is 14.9 Å². The monoisotopic (exact) mass is 243 g/mol. The molecule has 16 heavy (non-hydrogen) atoms. The lowest BCUT2D eigenvalue weighted by Gasteiger charge is -2.44. The molecule has 0 aromatic heterocycles. The van der Waals surface area contributed by atoms with Crippen LogP contribution in [0.25, 0.3) is 0 Å². The maximum Gasteiger partial charge on any atom is 0.284 e. The largest absolute Gasteiger partial charge is 0.316 e. The quantitative estimate of drug-likeness (QED) is 0.662. The zero-order valence-electron chi connectivity index (χ0n) is 11.6. The minimum Gasteiger partial charge on any atom is -0.316 e. The van der Waals surface area contributed by atoms with Crippen molar-refractivity contribution in [3.8, 4) is 0 Å². The number of nitrogens with one attached hydrogen (secondary N) is 3. The molecule has 1 fully saturated rings. The van der Waals surface area contributed by atoms with Gasteiger partial charge in [0.1, 0.15) is 0 Å². The van der Waals surface area contributed by atoms with Crippen LogP contribution in [0.15, 0.2) is 0 Å². The first-order chi connectivity index (χ1) is 7.43. The second kappa shape index (κ2) is 5.62. The van der Waals surface area contributed by atoms with Crippen molar-refractivity contribution in [1.82, 2.24) is 14.9 Å². The van der Waals surface area contributed by atoms with Gasteiger partial charge >= 0.3 is 0 Å². The van der Waals surface area contributed by atoms with Gasteiger partial charge in [-0.2, -0.15) is 0 Å². The molecule has 1 rings (SSSR count). The first-order valence-corrected chi connectivity index (χ1v) is 8.68. The van der Waals surface area contributed by atoms with Gasteiger partial charge in [0.2, 0.25) is 0 Å². The normalized spacial score (nSPS) is 20.1. The molecule has 1 aliphatic rings. The van der Waals surface area contributed by atoms with Gasteiger partial charge in [0.25, 0.3) is 8.56 Å². The van der Waals surface area contributed by atoms with Crippen LogP contribution in [0.4, 0.5) is 0 Å². The molecule has 4 heteroatoms. The van der Waals surface area contributed by atoms with Crippen molar-refractivity contribution in [2.24, 2.45) is 0 Å². The summed E-state index contributed by atoms with van der Waals surface area (Å²) in [5.74, 6) is 0. The summed E-state index contributed by atoms with van der Waals surface area (Å²) >= 11 is 0. The lowest BCUT2D eigenvalue weighted by molar-refractivity contribution is 0.440. The second-order valence-corrected chi connectivity index (χ2v) is 9.70. The Balaban J connectivity index is 2.76. The Morgan fingerprint density at radius 3 is 1.81 bits per heavy atom. The minimum atomic E-state index is -1.73. The van der Waals surface area contributed by atoms with Gasteiger partial charge in [-0.3, -0.25) is 0 Å². The summed E-state index contributed by atoms with van der Waals surface area (Å²) in [6.45, 7) is 6.77. The molecule has 1 saturated carbocycles. The molecule has 3 nitrogen and oxygen atoms in total. The van der Waals surface area contributed by atoms with Crippen molar-refractivity contribution in [1.29, 1.82) is 0 Å². The van der Waals surface area contributed by atoms with Gasteiger partial charge in [-0.25, -0.2) is 0 Å². The van der Waals surface area contributed by atoms with E-state index in [0.717, 1.165) is 5.54 Å². The van der Waals surface area contributed by atoms with E-state index >= 15 is 0 Å². The zero-order chi connectivity index (χ0) is 12.2. The predicted octanol–water partition coefficient (Wildman–Crippen LogP) is 2.09. The second-order valence-electron chi connectivity index (χ2n) is 6.02. The van der Waals surface area contributed by atoms with Crippen LogP contribution in [-0.4, -0.2) is 28.2 Å². The highest BCUT2D eigenvalue weighted by atomic mass is 28.4. The molecule has 0 heterocycles. The van der Waals surface area contributed by atoms with Gasteiger partial charge in [0.05, 0.1) is 0 Å². The van der Waals surface area contributed by atoms with Crippen molar-refractivity contribution in [2.75, 3.05) is 14.1 Å². The maximum absolute atomic E-state index is 3.86. The molecule has 96 valence electrons. The molecule has 0 aromatic rings. The van der Waals surface area contributed by atoms with E-state index in [4.69, 9.17) is 0 Å². The molecule has 3 N–H and O–H groups in total. The molecule has 0 unspecified atom stereocenters. The summed E-state index contributed by atoms with van der Waals surface area (Å²) in [5.41, 5.74) is 0.992. The van der Waals surface area contributed by atoms with E-state index in [1.165, 1.54) is 32.1 Å². The summed E-state index contributed by atoms with van der Waals surface area (Å²) in [5, 5.41) is 0. The fourth-order valence-corrected chi connectivity index (χ4v) is 6.87. The predicted molar refractivity (Wildman–Crippen MR) is 73.6 cm³/mol. The molecule has 0 saturated heterocycles. The first-order valence-electron chi connectivity index (χ1n) is 6.61. The van der Waals surface area contributed by atoms with Crippen LogP contribution in [0.2, 0.25) is 5.54 Å². The Morgan fingerprint density at radius 1 is 0.938 bits per heavy atom. The van der Waals surface area contributed by atoms with Crippen LogP contribution in [-0.2, 0) is 0 Å². The third kappa shape index (κ3) is 3.55. The molecule has 0 aliphatic heterocycles. The fraction of sp³-hybridized carbons (Fsp3) is 1.00. The van der Waals surface area contributed by atoms with E-state index in [-0.39, 0.29) is 5.54 Å². The first kappa shape index (κ1) is 14.2. The summed E-state index contributed by atoms with van der Waals surface area (Å²) in [6, 6.07) is 0. The highest BCUT2D eigenvalue weighted by Crippen LogP contribution is 2.33. The lowest BCUT2D eigenvalue weighted by atomic mass is 10.0. The van der Waals surface area contributed by atoms with Crippen LogP contribution >= 0.6 is 0 Å². The fourth-order valence-electron chi connectivity index (χ4n) is 2.89. The number of hydrogen-bond acceptors (Lipinski definition) is 3. The van der Waals surface area contributed by atoms with Crippen molar-refractivity contribution < 1.29 is 0 Å². The van der Waals surface area contributed by atoms with Crippen molar-refractivity contribution in [3.05, 3.63) is 0 Å². The third-order valence-corrected chi connectivity index (χ3v) is 8.10. The Labute approximate surface area is 102 Å². The Kier molecular flexibility index (Phi) is 4.98. The SMILES string of the molecule is CN[Si](NC)(NC(C)(C)C)C1CCCCC1. The minimum absolute atomic E-state index is 0.176. The van der Waals surface area contributed by atoms with Gasteiger partial charge in [-0.05, 0) is 53.2 Å². The van der Waals surface area contributed by atoms with Gasteiger partial charge in [-0.1, -0.05) is 19.3 Å². The molecule has 0 amide bonds. The van der Waals surface area contributed by atoms with Crippen LogP contribution in [0.5, 0.6) is 0 Å². The van der Waals surface area contributed by atoms with E-state index in [2.05, 4.69) is 49.8 Å². The molecule has 0 bridgehead atoms. The zero-order valence-corrected chi connectivity index (χ0v) is 12.6. The highest BCUT2D eigenvalue weighted by molar-refractivity contribution is 6.74. The van der Waals surface area contributed by atoms with Gasteiger partial charge in [-0.15, -0.1) is 0 Å². The Bertz CT molecular complexity index is 203. The van der Waals surface area contributed by atoms with Crippen LogP contribution in [0.1, 0.15) is 52.9 Å². The van der Waals surface area contributed by atoms with E-state index in [1.54, 1.807) is 0 Å². The van der Waals surface area contributed by atoms with Gasteiger partial charge in [0.15, 0.2) is 0 Å². The molecule has 0 atom stereocenters. The van der Waals surface area contributed by atoms with Crippen molar-refractivity contribution in [2.45, 2.75) is 64.0 Å². The standard InChI is InChI=1S/C12H29N3Si/c1-12(2,3)15-16(13-4,14-5)11-9-7-6-8-10-11/h11,13-15H,6-10H2,1-5H3. The molecule has 0 spiro atoms. The van der Waals surface area contributed by atoms with Gasteiger partial charge in [0, 0.05) is 5.54 Å². The molecule has 0 radical (unpaired) electrons. The van der Waals surface area contributed by atoms with E-state index < -0.39 is 8.56 Å². The summed E-state index contributed by atoms with van der Waals surface area (Å²) in [7, 11) is 2.49. The smallest absolute Gasteiger partial charge is 0.284 e. The average molecular weight is 243 g/mol. The third-order valence-electron chi connectivity index (χ3n) is 3.58. The Morgan fingerprint density at radius 2 is 1.44 bits per heavy atom.